The van der Waals surface area contributed by atoms with Gasteiger partial charge in [-0.25, -0.2) is 4.98 Å². The van der Waals surface area contributed by atoms with Crippen LogP contribution in [0.3, 0.4) is 0 Å². The van der Waals surface area contributed by atoms with Crippen molar-refractivity contribution in [2.24, 2.45) is 11.8 Å². The first-order valence-corrected chi connectivity index (χ1v) is 7.96. The van der Waals surface area contributed by atoms with Crippen molar-refractivity contribution >= 4 is 22.6 Å². The van der Waals surface area contributed by atoms with Gasteiger partial charge >= 0.3 is 0 Å². The Labute approximate surface area is 123 Å². The Bertz CT molecular complexity index is 631. The summed E-state index contributed by atoms with van der Waals surface area (Å²) in [6, 6.07) is 6.77. The Balaban J connectivity index is 1.91. The predicted octanol–water partition coefficient (Wildman–Crippen LogP) is 4.14. The quantitative estimate of drug-likeness (QED) is 0.774. The second kappa shape index (κ2) is 4.66. The summed E-state index contributed by atoms with van der Waals surface area (Å²) in [7, 11) is 1.70. The standard InChI is InChI=1S/C16H19ClN2O/c1-20-13-4-2-3-12-15(13)18-14(9-17)19(12)16(10-5-6-10)11-7-8-11/h2-4,10-11,16H,5-9H2,1H3. The summed E-state index contributed by atoms with van der Waals surface area (Å²) in [5, 5.41) is 0. The van der Waals surface area contributed by atoms with Gasteiger partial charge in [-0.2, -0.15) is 0 Å². The van der Waals surface area contributed by atoms with Crippen LogP contribution in [-0.2, 0) is 5.88 Å². The maximum atomic E-state index is 6.17. The zero-order chi connectivity index (χ0) is 13.7. The number of para-hydroxylation sites is 1. The van der Waals surface area contributed by atoms with Gasteiger partial charge in [0.05, 0.1) is 18.5 Å². The normalized spacial score (nSPS) is 18.9. The van der Waals surface area contributed by atoms with E-state index in [2.05, 4.69) is 10.6 Å². The van der Waals surface area contributed by atoms with E-state index in [0.29, 0.717) is 11.9 Å². The van der Waals surface area contributed by atoms with E-state index in [9.17, 15) is 0 Å². The molecule has 1 heterocycles. The molecule has 1 aromatic heterocycles. The molecule has 0 unspecified atom stereocenters. The molecule has 2 aromatic rings. The van der Waals surface area contributed by atoms with Gasteiger partial charge in [0.1, 0.15) is 17.1 Å². The highest BCUT2D eigenvalue weighted by atomic mass is 35.5. The van der Waals surface area contributed by atoms with Crippen molar-refractivity contribution in [2.75, 3.05) is 7.11 Å². The van der Waals surface area contributed by atoms with Crippen LogP contribution in [0.15, 0.2) is 18.2 Å². The van der Waals surface area contributed by atoms with Crippen LogP contribution in [0.25, 0.3) is 11.0 Å². The van der Waals surface area contributed by atoms with E-state index in [0.717, 1.165) is 28.9 Å². The average molecular weight is 291 g/mol. The Morgan fingerprint density at radius 2 is 2.00 bits per heavy atom. The lowest BCUT2D eigenvalue weighted by Crippen LogP contribution is -2.15. The second-order valence-corrected chi connectivity index (χ2v) is 6.29. The number of imidazole rings is 1. The van der Waals surface area contributed by atoms with Crippen molar-refractivity contribution in [2.45, 2.75) is 37.6 Å². The molecule has 2 aliphatic carbocycles. The van der Waals surface area contributed by atoms with Crippen LogP contribution in [0.1, 0.15) is 37.5 Å². The van der Waals surface area contributed by atoms with Gasteiger partial charge in [-0.15, -0.1) is 11.6 Å². The number of aromatic nitrogens is 2. The number of benzene rings is 1. The maximum absolute atomic E-state index is 6.17. The molecule has 0 amide bonds. The molecular formula is C16H19ClN2O. The van der Waals surface area contributed by atoms with Gasteiger partial charge in [0.15, 0.2) is 0 Å². The van der Waals surface area contributed by atoms with E-state index in [1.165, 1.54) is 31.2 Å². The van der Waals surface area contributed by atoms with Gasteiger partial charge in [-0.05, 0) is 49.7 Å². The minimum absolute atomic E-state index is 0.466. The third kappa shape index (κ3) is 1.91. The molecule has 2 fully saturated rings. The summed E-state index contributed by atoms with van der Waals surface area (Å²) in [4.78, 5) is 4.75. The first kappa shape index (κ1) is 12.5. The van der Waals surface area contributed by atoms with Crippen LogP contribution in [-0.4, -0.2) is 16.7 Å². The summed E-state index contributed by atoms with van der Waals surface area (Å²) >= 11 is 6.17. The van der Waals surface area contributed by atoms with Crippen LogP contribution in [0, 0.1) is 11.8 Å². The Morgan fingerprint density at radius 3 is 2.55 bits per heavy atom. The van der Waals surface area contributed by atoms with Crippen molar-refractivity contribution < 1.29 is 4.74 Å². The highest BCUT2D eigenvalue weighted by Crippen LogP contribution is 2.53. The second-order valence-electron chi connectivity index (χ2n) is 6.03. The van der Waals surface area contributed by atoms with E-state index >= 15 is 0 Å². The van der Waals surface area contributed by atoms with Crippen molar-refractivity contribution in [3.05, 3.63) is 24.0 Å². The molecule has 2 aliphatic rings. The molecule has 0 N–H and O–H groups in total. The topological polar surface area (TPSA) is 27.1 Å². The molecular weight excluding hydrogens is 272 g/mol. The van der Waals surface area contributed by atoms with Gasteiger partial charge in [0.25, 0.3) is 0 Å². The first-order chi connectivity index (χ1) is 9.83. The summed E-state index contributed by atoms with van der Waals surface area (Å²) < 4.78 is 7.87. The highest BCUT2D eigenvalue weighted by molar-refractivity contribution is 6.16. The fraction of sp³-hybridized carbons (Fsp3) is 0.562. The van der Waals surface area contributed by atoms with Crippen LogP contribution < -0.4 is 4.74 Å². The third-order valence-corrected chi connectivity index (χ3v) is 4.84. The van der Waals surface area contributed by atoms with Crippen LogP contribution in [0.2, 0.25) is 0 Å². The maximum Gasteiger partial charge on any atom is 0.146 e. The molecule has 1 aromatic carbocycles. The van der Waals surface area contributed by atoms with E-state index in [4.69, 9.17) is 21.3 Å². The Hall–Kier alpha value is -1.22. The van der Waals surface area contributed by atoms with E-state index in [1.807, 2.05) is 12.1 Å². The molecule has 0 atom stereocenters. The van der Waals surface area contributed by atoms with Crippen molar-refractivity contribution in [3.8, 4) is 5.75 Å². The molecule has 0 spiro atoms. The summed E-state index contributed by atoms with van der Waals surface area (Å²) in [5.74, 6) is 3.96. The number of hydrogen-bond donors (Lipinski definition) is 0. The van der Waals surface area contributed by atoms with Crippen molar-refractivity contribution in [1.29, 1.82) is 0 Å². The number of methoxy groups -OCH3 is 1. The summed E-state index contributed by atoms with van der Waals surface area (Å²) in [5.41, 5.74) is 2.14. The lowest BCUT2D eigenvalue weighted by atomic mass is 10.1. The van der Waals surface area contributed by atoms with E-state index < -0.39 is 0 Å². The Kier molecular flexibility index (Phi) is 2.92. The van der Waals surface area contributed by atoms with Crippen LogP contribution >= 0.6 is 11.6 Å². The van der Waals surface area contributed by atoms with Gasteiger partial charge in [-0.1, -0.05) is 6.07 Å². The van der Waals surface area contributed by atoms with E-state index in [1.54, 1.807) is 7.11 Å². The molecule has 106 valence electrons. The number of halogens is 1. The predicted molar refractivity (Wildman–Crippen MR) is 80.3 cm³/mol. The van der Waals surface area contributed by atoms with Crippen molar-refractivity contribution in [3.63, 3.8) is 0 Å². The highest BCUT2D eigenvalue weighted by Gasteiger charge is 2.43. The number of ether oxygens (including phenoxy) is 1. The molecule has 0 saturated heterocycles. The fourth-order valence-corrected chi connectivity index (χ4v) is 3.60. The monoisotopic (exact) mass is 290 g/mol. The van der Waals surface area contributed by atoms with Crippen LogP contribution in [0.5, 0.6) is 5.75 Å². The van der Waals surface area contributed by atoms with Gasteiger partial charge in [0, 0.05) is 6.04 Å². The first-order valence-electron chi connectivity index (χ1n) is 7.43. The fourth-order valence-electron chi connectivity index (χ4n) is 3.41. The largest absolute Gasteiger partial charge is 0.494 e. The van der Waals surface area contributed by atoms with Gasteiger partial charge in [0.2, 0.25) is 0 Å². The minimum Gasteiger partial charge on any atom is -0.494 e. The lowest BCUT2D eigenvalue weighted by molar-refractivity contribution is 0.396. The Morgan fingerprint density at radius 1 is 1.30 bits per heavy atom. The molecule has 3 nitrogen and oxygen atoms in total. The molecule has 0 radical (unpaired) electrons. The number of rotatable bonds is 5. The average Bonchev–Trinajstić information content (AvgIpc) is 3.37. The smallest absolute Gasteiger partial charge is 0.146 e. The third-order valence-electron chi connectivity index (χ3n) is 4.60. The molecule has 0 aliphatic heterocycles. The molecule has 4 rings (SSSR count). The zero-order valence-electron chi connectivity index (χ0n) is 11.7. The van der Waals surface area contributed by atoms with E-state index in [-0.39, 0.29) is 0 Å². The lowest BCUT2D eigenvalue weighted by Gasteiger charge is -2.21. The molecule has 20 heavy (non-hydrogen) atoms. The van der Waals surface area contributed by atoms with Crippen LogP contribution in [0.4, 0.5) is 0 Å². The SMILES string of the molecule is COc1cccc2c1nc(CCl)n2C(C1CC1)C1CC1. The number of alkyl halides is 1. The number of nitrogens with zero attached hydrogens (tertiary/aromatic N) is 2. The molecule has 2 saturated carbocycles. The molecule has 0 bridgehead atoms. The zero-order valence-corrected chi connectivity index (χ0v) is 12.4. The minimum atomic E-state index is 0.466. The van der Waals surface area contributed by atoms with Crippen molar-refractivity contribution in [1.82, 2.24) is 9.55 Å². The van der Waals surface area contributed by atoms with Gasteiger partial charge < -0.3 is 9.30 Å². The summed E-state index contributed by atoms with van der Waals surface area (Å²) in [6.45, 7) is 0. The summed E-state index contributed by atoms with van der Waals surface area (Å²) in [6.07, 6.45) is 5.41. The number of hydrogen-bond acceptors (Lipinski definition) is 2. The molecule has 4 heteroatoms. The number of fused-ring (bicyclic) bond motifs is 1. The van der Waals surface area contributed by atoms with Gasteiger partial charge in [-0.3, -0.25) is 0 Å².